The molecule has 0 saturated carbocycles. The molecule has 0 radical (unpaired) electrons. The van der Waals surface area contributed by atoms with Crippen molar-refractivity contribution < 1.29 is 14.3 Å². The number of ketones is 1. The number of carbonyl (C=O) groups is 2. The fourth-order valence-electron chi connectivity index (χ4n) is 2.86. The smallest absolute Gasteiger partial charge is 0.378 e. The molecule has 0 spiro atoms. The van der Waals surface area contributed by atoms with Crippen LogP contribution in [0.5, 0.6) is 0 Å². The first-order valence-electron chi connectivity index (χ1n) is 9.35. The molecule has 4 aromatic rings. The van der Waals surface area contributed by atoms with Gasteiger partial charge in [-0.15, -0.1) is 5.10 Å². The highest BCUT2D eigenvalue weighted by Gasteiger charge is 2.21. The van der Waals surface area contributed by atoms with Gasteiger partial charge in [0.05, 0.1) is 5.69 Å². The molecule has 1 aromatic heterocycles. The monoisotopic (exact) mass is 529 g/mol. The number of nitrogens with zero attached hydrogens (tertiary/aromatic N) is 3. The van der Waals surface area contributed by atoms with E-state index in [1.807, 2.05) is 0 Å². The Hall–Kier alpha value is -3.00. The molecule has 0 atom stereocenters. The maximum Gasteiger partial charge on any atom is 0.378 e. The number of aromatic nitrogens is 3. The molecule has 0 aliphatic rings. The van der Waals surface area contributed by atoms with E-state index >= 15 is 0 Å². The topological polar surface area (TPSA) is 74.1 Å². The molecule has 9 heteroatoms. The minimum atomic E-state index is -0.807. The standard InChI is InChI=1S/C23H14BrCl2N3O3/c24-16-5-1-14(2-6-16)20(30)13-32-23(31)21-27-22(15-3-7-17(25)8-4-15)29(28-21)19-11-9-18(26)10-12-19/h1-12H,13H2. The number of hydrogen-bond donors (Lipinski definition) is 0. The Bertz CT molecular complexity index is 1210. The van der Waals surface area contributed by atoms with Gasteiger partial charge in [0.2, 0.25) is 0 Å². The lowest BCUT2D eigenvalue weighted by Crippen LogP contribution is -2.15. The van der Waals surface area contributed by atoms with Crippen molar-refractivity contribution in [3.63, 3.8) is 0 Å². The van der Waals surface area contributed by atoms with E-state index in [1.165, 1.54) is 4.68 Å². The van der Waals surface area contributed by atoms with Gasteiger partial charge in [0, 0.05) is 25.6 Å². The highest BCUT2D eigenvalue weighted by molar-refractivity contribution is 9.10. The van der Waals surface area contributed by atoms with Crippen LogP contribution in [0.15, 0.2) is 77.3 Å². The van der Waals surface area contributed by atoms with E-state index in [1.54, 1.807) is 72.8 Å². The SMILES string of the molecule is O=C(COC(=O)c1nc(-c2ccc(Cl)cc2)n(-c2ccc(Cl)cc2)n1)c1ccc(Br)cc1. The first kappa shape index (κ1) is 22.2. The van der Waals surface area contributed by atoms with Crippen LogP contribution in [-0.2, 0) is 4.74 Å². The van der Waals surface area contributed by atoms with Crippen molar-refractivity contribution in [1.82, 2.24) is 14.8 Å². The summed E-state index contributed by atoms with van der Waals surface area (Å²) in [4.78, 5) is 29.3. The van der Waals surface area contributed by atoms with Crippen LogP contribution in [0.25, 0.3) is 17.1 Å². The lowest BCUT2D eigenvalue weighted by Gasteiger charge is -2.06. The van der Waals surface area contributed by atoms with Crippen molar-refractivity contribution in [2.75, 3.05) is 6.61 Å². The van der Waals surface area contributed by atoms with E-state index in [0.717, 1.165) is 4.47 Å². The second-order valence-corrected chi connectivity index (χ2v) is 8.45. The Labute approximate surface area is 201 Å². The Morgan fingerprint density at radius 1 is 0.875 bits per heavy atom. The summed E-state index contributed by atoms with van der Waals surface area (Å²) in [6.07, 6.45) is 0. The van der Waals surface area contributed by atoms with Crippen LogP contribution >= 0.6 is 39.1 Å². The summed E-state index contributed by atoms with van der Waals surface area (Å²) in [7, 11) is 0. The molecule has 0 saturated heterocycles. The molecule has 6 nitrogen and oxygen atoms in total. The van der Waals surface area contributed by atoms with Gasteiger partial charge in [0.25, 0.3) is 5.82 Å². The van der Waals surface area contributed by atoms with Crippen LogP contribution in [0.3, 0.4) is 0 Å². The molecule has 4 rings (SSSR count). The lowest BCUT2D eigenvalue weighted by molar-refractivity contribution is 0.0462. The number of hydrogen-bond acceptors (Lipinski definition) is 5. The van der Waals surface area contributed by atoms with E-state index in [2.05, 4.69) is 26.0 Å². The quantitative estimate of drug-likeness (QED) is 0.224. The third-order valence-electron chi connectivity index (χ3n) is 4.46. The van der Waals surface area contributed by atoms with E-state index in [4.69, 9.17) is 27.9 Å². The van der Waals surface area contributed by atoms with Crippen molar-refractivity contribution in [2.45, 2.75) is 0 Å². The summed E-state index contributed by atoms with van der Waals surface area (Å²) >= 11 is 15.3. The molecule has 0 amide bonds. The fourth-order valence-corrected chi connectivity index (χ4v) is 3.38. The molecule has 0 aliphatic heterocycles. The minimum Gasteiger partial charge on any atom is -0.451 e. The summed E-state index contributed by atoms with van der Waals surface area (Å²) in [6, 6.07) is 20.7. The number of ether oxygens (including phenoxy) is 1. The first-order valence-corrected chi connectivity index (χ1v) is 10.9. The zero-order chi connectivity index (χ0) is 22.7. The normalized spacial score (nSPS) is 10.7. The van der Waals surface area contributed by atoms with Crippen molar-refractivity contribution in [2.24, 2.45) is 0 Å². The van der Waals surface area contributed by atoms with Crippen LogP contribution in [0.1, 0.15) is 21.0 Å². The van der Waals surface area contributed by atoms with Gasteiger partial charge in [-0.05, 0) is 60.7 Å². The van der Waals surface area contributed by atoms with Crippen molar-refractivity contribution in [3.8, 4) is 17.1 Å². The fraction of sp³-hybridized carbons (Fsp3) is 0.0435. The number of halogens is 3. The van der Waals surface area contributed by atoms with Crippen LogP contribution in [0.2, 0.25) is 10.0 Å². The average Bonchev–Trinajstić information content (AvgIpc) is 3.24. The number of rotatable bonds is 6. The summed E-state index contributed by atoms with van der Waals surface area (Å²) in [5.41, 5.74) is 1.78. The van der Waals surface area contributed by atoms with Gasteiger partial charge in [0.1, 0.15) is 0 Å². The molecule has 160 valence electrons. The van der Waals surface area contributed by atoms with Gasteiger partial charge in [-0.25, -0.2) is 14.5 Å². The van der Waals surface area contributed by atoms with E-state index < -0.39 is 12.6 Å². The van der Waals surface area contributed by atoms with E-state index in [0.29, 0.717) is 32.7 Å². The summed E-state index contributed by atoms with van der Waals surface area (Å²) < 4.78 is 7.52. The van der Waals surface area contributed by atoms with Gasteiger partial charge >= 0.3 is 5.97 Å². The molecule has 1 heterocycles. The molecular weight excluding hydrogens is 517 g/mol. The maximum atomic E-state index is 12.6. The molecular formula is C23H14BrCl2N3O3. The largest absolute Gasteiger partial charge is 0.451 e. The highest BCUT2D eigenvalue weighted by Crippen LogP contribution is 2.24. The van der Waals surface area contributed by atoms with E-state index in [-0.39, 0.29) is 11.6 Å². The molecule has 0 unspecified atom stereocenters. The number of Topliss-reactive ketones (excluding diaryl/α,β-unsaturated/α-hetero) is 1. The van der Waals surface area contributed by atoms with Crippen molar-refractivity contribution >= 4 is 50.9 Å². The number of carbonyl (C=O) groups excluding carboxylic acids is 2. The first-order chi connectivity index (χ1) is 15.4. The van der Waals surface area contributed by atoms with Crippen molar-refractivity contribution in [1.29, 1.82) is 0 Å². The molecule has 0 bridgehead atoms. The third kappa shape index (κ3) is 5.07. The second kappa shape index (κ2) is 9.65. The summed E-state index contributed by atoms with van der Waals surface area (Å²) in [6.45, 7) is -0.424. The second-order valence-electron chi connectivity index (χ2n) is 6.66. The third-order valence-corrected chi connectivity index (χ3v) is 5.50. The molecule has 0 N–H and O–H groups in total. The average molecular weight is 531 g/mol. The Kier molecular flexibility index (Phi) is 6.69. The van der Waals surface area contributed by atoms with Crippen LogP contribution in [0.4, 0.5) is 0 Å². The van der Waals surface area contributed by atoms with Gasteiger partial charge < -0.3 is 4.74 Å². The van der Waals surface area contributed by atoms with Crippen LogP contribution < -0.4 is 0 Å². The molecule has 3 aromatic carbocycles. The maximum absolute atomic E-state index is 12.6. The Balaban J connectivity index is 1.60. The minimum absolute atomic E-state index is 0.173. The summed E-state index contributed by atoms with van der Waals surface area (Å²) in [5, 5.41) is 5.44. The van der Waals surface area contributed by atoms with Gasteiger partial charge in [-0.1, -0.05) is 51.3 Å². The molecule has 0 aliphatic carbocycles. The highest BCUT2D eigenvalue weighted by atomic mass is 79.9. The molecule has 32 heavy (non-hydrogen) atoms. The Morgan fingerprint density at radius 2 is 1.47 bits per heavy atom. The van der Waals surface area contributed by atoms with Gasteiger partial charge in [0.15, 0.2) is 18.2 Å². The predicted octanol–water partition coefficient (Wildman–Crippen LogP) is 6.04. The van der Waals surface area contributed by atoms with E-state index in [9.17, 15) is 9.59 Å². The van der Waals surface area contributed by atoms with Crippen molar-refractivity contribution in [3.05, 3.63) is 98.7 Å². The number of esters is 1. The van der Waals surface area contributed by atoms with Crippen LogP contribution in [-0.4, -0.2) is 33.1 Å². The molecule has 0 fully saturated rings. The number of benzene rings is 3. The van der Waals surface area contributed by atoms with Gasteiger partial charge in [-0.2, -0.15) is 0 Å². The van der Waals surface area contributed by atoms with Gasteiger partial charge in [-0.3, -0.25) is 4.79 Å². The predicted molar refractivity (Wildman–Crippen MR) is 126 cm³/mol. The summed E-state index contributed by atoms with van der Waals surface area (Å²) in [5.74, 6) is -0.900. The Morgan fingerprint density at radius 3 is 2.09 bits per heavy atom. The zero-order valence-corrected chi connectivity index (χ0v) is 19.4. The van der Waals surface area contributed by atoms with Crippen LogP contribution in [0, 0.1) is 0 Å². The lowest BCUT2D eigenvalue weighted by atomic mass is 10.1. The zero-order valence-electron chi connectivity index (χ0n) is 16.3.